The Morgan fingerprint density at radius 1 is 1.35 bits per heavy atom. The van der Waals surface area contributed by atoms with Crippen LogP contribution in [0.25, 0.3) is 16.2 Å². The third-order valence-electron chi connectivity index (χ3n) is 2.94. The third kappa shape index (κ3) is 1.88. The molecule has 0 amide bonds. The molecule has 0 unspecified atom stereocenters. The van der Waals surface area contributed by atoms with Crippen LogP contribution < -0.4 is 0 Å². The van der Waals surface area contributed by atoms with Crippen LogP contribution in [0.4, 0.5) is 5.69 Å². The molecular weight excluding hydrogens is 278 g/mol. The smallest absolute Gasteiger partial charge is 0.269 e. The number of rotatable bonds is 3. The van der Waals surface area contributed by atoms with Crippen LogP contribution in [0.2, 0.25) is 0 Å². The molecule has 3 rings (SSSR count). The summed E-state index contributed by atoms with van der Waals surface area (Å²) in [6.07, 6.45) is 2.61. The fraction of sp³-hybridized carbons (Fsp3) is 0.0769. The van der Waals surface area contributed by atoms with Gasteiger partial charge in [0.2, 0.25) is 0 Å². The summed E-state index contributed by atoms with van der Waals surface area (Å²) in [5.74, 6) is 0. The van der Waals surface area contributed by atoms with Crippen molar-refractivity contribution in [3.05, 3.63) is 51.1 Å². The molecule has 0 aliphatic carbocycles. The first kappa shape index (κ1) is 12.5. The molecule has 0 radical (unpaired) electrons. The van der Waals surface area contributed by atoms with E-state index in [4.69, 9.17) is 0 Å². The first-order valence-corrected chi connectivity index (χ1v) is 6.60. The Balaban J connectivity index is 2.15. The quantitative estimate of drug-likeness (QED) is 0.421. The van der Waals surface area contributed by atoms with Crippen molar-refractivity contribution >= 4 is 28.3 Å². The summed E-state index contributed by atoms with van der Waals surface area (Å²) < 4.78 is 1.74. The largest absolute Gasteiger partial charge is 0.296 e. The summed E-state index contributed by atoms with van der Waals surface area (Å²) in [5, 5.41) is 10.6. The highest BCUT2D eigenvalue weighted by molar-refractivity contribution is 7.17. The lowest BCUT2D eigenvalue weighted by atomic mass is 10.1. The van der Waals surface area contributed by atoms with E-state index in [1.165, 1.54) is 23.5 Å². The number of carbonyl (C=O) groups is 1. The molecule has 0 atom stereocenters. The zero-order valence-corrected chi connectivity index (χ0v) is 11.3. The van der Waals surface area contributed by atoms with E-state index in [0.717, 1.165) is 16.1 Å². The molecule has 100 valence electrons. The van der Waals surface area contributed by atoms with Gasteiger partial charge in [0, 0.05) is 28.8 Å². The number of carbonyl (C=O) groups excluding carboxylic acids is 1. The average molecular weight is 287 g/mol. The van der Waals surface area contributed by atoms with Gasteiger partial charge in [-0.2, -0.15) is 0 Å². The average Bonchev–Trinajstić information content (AvgIpc) is 2.94. The van der Waals surface area contributed by atoms with Crippen molar-refractivity contribution in [2.24, 2.45) is 0 Å². The van der Waals surface area contributed by atoms with Crippen molar-refractivity contribution in [2.45, 2.75) is 6.92 Å². The van der Waals surface area contributed by atoms with Crippen LogP contribution in [0, 0.1) is 17.0 Å². The Morgan fingerprint density at radius 3 is 2.65 bits per heavy atom. The monoisotopic (exact) mass is 287 g/mol. The van der Waals surface area contributed by atoms with Crippen molar-refractivity contribution in [3.8, 4) is 11.3 Å². The molecule has 0 saturated carbocycles. The first-order chi connectivity index (χ1) is 9.60. The maximum absolute atomic E-state index is 11.3. The fourth-order valence-electron chi connectivity index (χ4n) is 2.04. The van der Waals surface area contributed by atoms with Gasteiger partial charge in [-0.3, -0.25) is 19.3 Å². The van der Waals surface area contributed by atoms with Crippen molar-refractivity contribution < 1.29 is 9.72 Å². The SMILES string of the molecule is Cc1cn2c(C=O)c(-c3ccc([N+](=O)[O-])cc3)nc2s1. The van der Waals surface area contributed by atoms with Crippen LogP contribution in [0.5, 0.6) is 0 Å². The summed E-state index contributed by atoms with van der Waals surface area (Å²) in [4.78, 5) is 27.7. The van der Waals surface area contributed by atoms with Gasteiger partial charge in [-0.25, -0.2) is 4.98 Å². The highest BCUT2D eigenvalue weighted by Crippen LogP contribution is 2.28. The molecule has 0 bridgehead atoms. The zero-order chi connectivity index (χ0) is 14.3. The van der Waals surface area contributed by atoms with E-state index >= 15 is 0 Å². The number of nitro benzene ring substituents is 1. The van der Waals surface area contributed by atoms with E-state index < -0.39 is 4.92 Å². The van der Waals surface area contributed by atoms with Gasteiger partial charge in [0.25, 0.3) is 5.69 Å². The highest BCUT2D eigenvalue weighted by atomic mass is 32.1. The molecular formula is C13H9N3O3S. The van der Waals surface area contributed by atoms with E-state index in [9.17, 15) is 14.9 Å². The molecule has 2 aromatic heterocycles. The van der Waals surface area contributed by atoms with Gasteiger partial charge in [-0.05, 0) is 19.1 Å². The number of nitro groups is 1. The second kappa shape index (κ2) is 4.53. The van der Waals surface area contributed by atoms with Gasteiger partial charge in [0.15, 0.2) is 11.2 Å². The summed E-state index contributed by atoms with van der Waals surface area (Å²) in [6.45, 7) is 1.94. The predicted molar refractivity (Wildman–Crippen MR) is 75.3 cm³/mol. The molecule has 1 aromatic carbocycles. The summed E-state index contributed by atoms with van der Waals surface area (Å²) >= 11 is 1.49. The molecule has 2 heterocycles. The van der Waals surface area contributed by atoms with E-state index in [2.05, 4.69) is 4.98 Å². The minimum absolute atomic E-state index is 0.0123. The van der Waals surface area contributed by atoms with Gasteiger partial charge < -0.3 is 0 Å². The van der Waals surface area contributed by atoms with E-state index in [1.54, 1.807) is 16.5 Å². The number of aromatic nitrogens is 2. The fourth-order valence-corrected chi connectivity index (χ4v) is 2.87. The van der Waals surface area contributed by atoms with Crippen LogP contribution >= 0.6 is 11.3 Å². The number of aldehydes is 1. The molecule has 0 spiro atoms. The predicted octanol–water partition coefficient (Wildman–Crippen LogP) is 3.09. The van der Waals surface area contributed by atoms with Crippen LogP contribution in [-0.4, -0.2) is 20.6 Å². The Bertz CT molecular complexity index is 817. The minimum atomic E-state index is -0.459. The third-order valence-corrected chi connectivity index (χ3v) is 3.84. The summed E-state index contributed by atoms with van der Waals surface area (Å²) in [7, 11) is 0. The van der Waals surface area contributed by atoms with Crippen LogP contribution in [0.3, 0.4) is 0 Å². The molecule has 20 heavy (non-hydrogen) atoms. The Morgan fingerprint density at radius 2 is 2.05 bits per heavy atom. The van der Waals surface area contributed by atoms with Gasteiger partial charge in [0.05, 0.1) is 4.92 Å². The highest BCUT2D eigenvalue weighted by Gasteiger charge is 2.16. The lowest BCUT2D eigenvalue weighted by Gasteiger charge is -1.98. The lowest BCUT2D eigenvalue weighted by Crippen LogP contribution is -1.91. The number of thiazole rings is 1. The van der Waals surface area contributed by atoms with Gasteiger partial charge >= 0.3 is 0 Å². The van der Waals surface area contributed by atoms with Gasteiger partial charge in [-0.1, -0.05) is 0 Å². The molecule has 0 N–H and O–H groups in total. The van der Waals surface area contributed by atoms with E-state index in [0.29, 0.717) is 17.0 Å². The minimum Gasteiger partial charge on any atom is -0.296 e. The number of hydrogen-bond acceptors (Lipinski definition) is 5. The second-order valence-corrected chi connectivity index (χ2v) is 5.48. The normalized spacial score (nSPS) is 10.8. The molecule has 0 fully saturated rings. The van der Waals surface area contributed by atoms with E-state index in [-0.39, 0.29) is 5.69 Å². The van der Waals surface area contributed by atoms with Crippen LogP contribution in [0.15, 0.2) is 30.5 Å². The van der Waals surface area contributed by atoms with Crippen LogP contribution in [0.1, 0.15) is 15.4 Å². The topological polar surface area (TPSA) is 77.5 Å². The molecule has 0 saturated heterocycles. The Hall–Kier alpha value is -2.54. The number of nitrogens with zero attached hydrogens (tertiary/aromatic N) is 3. The Labute approximate surface area is 117 Å². The van der Waals surface area contributed by atoms with Crippen molar-refractivity contribution in [2.75, 3.05) is 0 Å². The number of aryl methyl sites for hydroxylation is 1. The van der Waals surface area contributed by atoms with Gasteiger partial charge in [0.1, 0.15) is 11.4 Å². The number of non-ortho nitro benzene ring substituents is 1. The molecule has 0 aliphatic heterocycles. The van der Waals surface area contributed by atoms with Crippen molar-refractivity contribution in [1.29, 1.82) is 0 Å². The summed E-state index contributed by atoms with van der Waals surface area (Å²) in [5.41, 5.74) is 1.70. The first-order valence-electron chi connectivity index (χ1n) is 5.78. The number of hydrogen-bond donors (Lipinski definition) is 0. The van der Waals surface area contributed by atoms with Crippen molar-refractivity contribution in [3.63, 3.8) is 0 Å². The van der Waals surface area contributed by atoms with Gasteiger partial charge in [-0.15, -0.1) is 11.3 Å². The molecule has 7 heteroatoms. The molecule has 6 nitrogen and oxygen atoms in total. The standard InChI is InChI=1S/C13H9N3O3S/c1-8-6-15-11(7-17)12(14-13(15)20-8)9-2-4-10(5-3-9)16(18)19/h2-7H,1H3. The van der Waals surface area contributed by atoms with E-state index in [1.807, 2.05) is 13.1 Å². The number of imidazole rings is 1. The maximum Gasteiger partial charge on any atom is 0.269 e. The Kier molecular flexibility index (Phi) is 2.83. The number of fused-ring (bicyclic) bond motifs is 1. The van der Waals surface area contributed by atoms with Crippen LogP contribution in [-0.2, 0) is 0 Å². The number of benzene rings is 1. The maximum atomic E-state index is 11.3. The summed E-state index contributed by atoms with van der Waals surface area (Å²) in [6, 6.07) is 6.01. The zero-order valence-electron chi connectivity index (χ0n) is 10.4. The molecule has 0 aliphatic rings. The lowest BCUT2D eigenvalue weighted by molar-refractivity contribution is -0.384. The second-order valence-electron chi connectivity index (χ2n) is 4.26. The van der Waals surface area contributed by atoms with Crippen molar-refractivity contribution in [1.82, 2.24) is 9.38 Å². The molecule has 3 aromatic rings.